The van der Waals surface area contributed by atoms with Crippen LogP contribution in [-0.4, -0.2) is 30.4 Å². The molecule has 0 aliphatic rings. The molecule has 0 aliphatic heterocycles. The van der Waals surface area contributed by atoms with Crippen molar-refractivity contribution in [1.29, 1.82) is 0 Å². The molecular weight excluding hydrogens is 354 g/mol. The number of nitrogens with zero attached hydrogens (tertiary/aromatic N) is 1. The number of hydrogen-bond donors (Lipinski definition) is 4. The van der Waals surface area contributed by atoms with Crippen molar-refractivity contribution >= 4 is 17.8 Å². The Morgan fingerprint density at radius 3 is 1.89 bits per heavy atom. The van der Waals surface area contributed by atoms with E-state index >= 15 is 0 Å². The predicted octanol–water partition coefficient (Wildman–Crippen LogP) is 1.23. The van der Waals surface area contributed by atoms with Gasteiger partial charge in [-0.3, -0.25) is 14.6 Å². The lowest BCUT2D eigenvalue weighted by atomic mass is 9.88. The fourth-order valence-corrected chi connectivity index (χ4v) is 3.03. The van der Waals surface area contributed by atoms with Crippen molar-refractivity contribution in [2.75, 3.05) is 6.54 Å². The summed E-state index contributed by atoms with van der Waals surface area (Å²) < 4.78 is 0. The standard InChI is InChI=1S/C21H27N5O2/c22-20(28)18(12-7-13-25-21(23)24)26-19(27)14-17(15-8-3-1-4-9-15)16-10-5-2-6-11-16/h1-6,8-11,17-18H,7,12-14H2,(H2,22,28)(H,26,27)(H4,23,24,25)/t18-/m0/s1. The van der Waals surface area contributed by atoms with Crippen molar-refractivity contribution in [3.8, 4) is 0 Å². The van der Waals surface area contributed by atoms with Gasteiger partial charge >= 0.3 is 0 Å². The molecule has 0 fully saturated rings. The van der Waals surface area contributed by atoms with E-state index in [2.05, 4.69) is 10.3 Å². The smallest absolute Gasteiger partial charge is 0.240 e. The fourth-order valence-electron chi connectivity index (χ4n) is 3.03. The van der Waals surface area contributed by atoms with Gasteiger partial charge in [0.05, 0.1) is 0 Å². The summed E-state index contributed by atoms with van der Waals surface area (Å²) in [6.07, 6.45) is 1.12. The zero-order valence-corrected chi connectivity index (χ0v) is 15.8. The van der Waals surface area contributed by atoms with Gasteiger partial charge in [0.1, 0.15) is 6.04 Å². The summed E-state index contributed by atoms with van der Waals surface area (Å²) in [5.74, 6) is -0.928. The number of carbonyl (C=O) groups is 2. The van der Waals surface area contributed by atoms with E-state index < -0.39 is 11.9 Å². The normalized spacial score (nSPS) is 11.6. The van der Waals surface area contributed by atoms with E-state index in [-0.39, 0.29) is 24.2 Å². The van der Waals surface area contributed by atoms with Crippen LogP contribution in [0.3, 0.4) is 0 Å². The molecule has 2 amide bonds. The summed E-state index contributed by atoms with van der Waals surface area (Å²) in [7, 11) is 0. The molecule has 2 aromatic rings. The largest absolute Gasteiger partial charge is 0.370 e. The van der Waals surface area contributed by atoms with Crippen LogP contribution in [0.2, 0.25) is 0 Å². The quantitative estimate of drug-likeness (QED) is 0.279. The first-order chi connectivity index (χ1) is 13.5. The molecule has 0 spiro atoms. The summed E-state index contributed by atoms with van der Waals surface area (Å²) in [6, 6.07) is 18.9. The van der Waals surface area contributed by atoms with E-state index in [1.165, 1.54) is 0 Å². The van der Waals surface area contributed by atoms with Gasteiger partial charge in [0.15, 0.2) is 5.96 Å². The van der Waals surface area contributed by atoms with Gasteiger partial charge in [-0.15, -0.1) is 0 Å². The summed E-state index contributed by atoms with van der Waals surface area (Å²) in [5, 5.41) is 2.75. The number of nitrogens with two attached hydrogens (primary N) is 3. The highest BCUT2D eigenvalue weighted by Gasteiger charge is 2.22. The zero-order valence-electron chi connectivity index (χ0n) is 15.8. The van der Waals surface area contributed by atoms with Gasteiger partial charge in [0.2, 0.25) is 11.8 Å². The SMILES string of the molecule is NC(=O)[C@H](CCCN=C(N)N)NC(=O)CC(c1ccccc1)c1ccccc1. The Hall–Kier alpha value is -3.35. The van der Waals surface area contributed by atoms with Crippen LogP contribution in [0.1, 0.15) is 36.3 Å². The monoisotopic (exact) mass is 381 g/mol. The minimum absolute atomic E-state index is 0.00627. The highest BCUT2D eigenvalue weighted by atomic mass is 16.2. The maximum absolute atomic E-state index is 12.7. The lowest BCUT2D eigenvalue weighted by Crippen LogP contribution is -2.44. The van der Waals surface area contributed by atoms with E-state index in [0.29, 0.717) is 19.4 Å². The number of rotatable bonds is 10. The molecule has 0 aromatic heterocycles. The third-order valence-electron chi connectivity index (χ3n) is 4.42. The molecule has 0 saturated heterocycles. The number of aliphatic imine (C=N–C) groups is 1. The minimum atomic E-state index is -0.756. The number of primary amides is 1. The van der Waals surface area contributed by atoms with E-state index in [1.54, 1.807) is 0 Å². The second-order valence-corrected chi connectivity index (χ2v) is 6.55. The van der Waals surface area contributed by atoms with Crippen LogP contribution in [-0.2, 0) is 9.59 Å². The average Bonchev–Trinajstić information content (AvgIpc) is 2.69. The molecule has 2 rings (SSSR count). The van der Waals surface area contributed by atoms with Gasteiger partial charge in [-0.05, 0) is 24.0 Å². The third-order valence-corrected chi connectivity index (χ3v) is 4.42. The first-order valence-electron chi connectivity index (χ1n) is 9.21. The van der Waals surface area contributed by atoms with Gasteiger partial charge in [0, 0.05) is 18.9 Å². The summed E-state index contributed by atoms with van der Waals surface area (Å²) in [6.45, 7) is 0.374. The molecule has 0 heterocycles. The highest BCUT2D eigenvalue weighted by Crippen LogP contribution is 2.27. The van der Waals surface area contributed by atoms with E-state index in [0.717, 1.165) is 11.1 Å². The third kappa shape index (κ3) is 6.75. The number of benzene rings is 2. The fraction of sp³-hybridized carbons (Fsp3) is 0.286. The van der Waals surface area contributed by atoms with Crippen LogP contribution in [0.4, 0.5) is 0 Å². The number of amides is 2. The summed E-state index contributed by atoms with van der Waals surface area (Å²) in [5.41, 5.74) is 18.1. The van der Waals surface area contributed by atoms with Crippen LogP contribution >= 0.6 is 0 Å². The lowest BCUT2D eigenvalue weighted by Gasteiger charge is -2.20. The van der Waals surface area contributed by atoms with Crippen molar-refractivity contribution in [3.63, 3.8) is 0 Å². The van der Waals surface area contributed by atoms with Crippen molar-refractivity contribution < 1.29 is 9.59 Å². The first-order valence-corrected chi connectivity index (χ1v) is 9.21. The summed E-state index contributed by atoms with van der Waals surface area (Å²) >= 11 is 0. The molecule has 1 atom stereocenters. The Morgan fingerprint density at radius 2 is 1.43 bits per heavy atom. The van der Waals surface area contributed by atoms with E-state index in [4.69, 9.17) is 17.2 Å². The van der Waals surface area contributed by atoms with Crippen LogP contribution in [0.15, 0.2) is 65.7 Å². The highest BCUT2D eigenvalue weighted by molar-refractivity contribution is 5.87. The number of nitrogens with one attached hydrogen (secondary N) is 1. The van der Waals surface area contributed by atoms with Gasteiger partial charge in [-0.2, -0.15) is 0 Å². The molecule has 0 bridgehead atoms. The molecule has 7 heteroatoms. The number of guanidine groups is 1. The lowest BCUT2D eigenvalue weighted by molar-refractivity contribution is -0.127. The minimum Gasteiger partial charge on any atom is -0.370 e. The van der Waals surface area contributed by atoms with Crippen LogP contribution < -0.4 is 22.5 Å². The maximum Gasteiger partial charge on any atom is 0.240 e. The zero-order chi connectivity index (χ0) is 20.4. The Bertz CT molecular complexity index is 749. The van der Waals surface area contributed by atoms with Crippen molar-refractivity contribution in [2.24, 2.45) is 22.2 Å². The van der Waals surface area contributed by atoms with Crippen molar-refractivity contribution in [1.82, 2.24) is 5.32 Å². The Morgan fingerprint density at radius 1 is 0.893 bits per heavy atom. The van der Waals surface area contributed by atoms with Crippen LogP contribution in [0, 0.1) is 0 Å². The predicted molar refractivity (Wildman–Crippen MR) is 110 cm³/mol. The average molecular weight is 381 g/mol. The number of hydrogen-bond acceptors (Lipinski definition) is 3. The maximum atomic E-state index is 12.7. The topological polar surface area (TPSA) is 137 Å². The second-order valence-electron chi connectivity index (χ2n) is 6.55. The van der Waals surface area contributed by atoms with E-state index in [9.17, 15) is 9.59 Å². The molecule has 28 heavy (non-hydrogen) atoms. The van der Waals surface area contributed by atoms with Gasteiger partial charge in [-0.1, -0.05) is 60.7 Å². The molecule has 7 N–H and O–H groups in total. The molecule has 148 valence electrons. The Kier molecular flexibility index (Phi) is 8.02. The van der Waals surface area contributed by atoms with Gasteiger partial charge < -0.3 is 22.5 Å². The Labute approximate surface area is 165 Å². The van der Waals surface area contributed by atoms with Crippen LogP contribution in [0.25, 0.3) is 0 Å². The molecule has 0 saturated carbocycles. The van der Waals surface area contributed by atoms with Crippen molar-refractivity contribution in [3.05, 3.63) is 71.8 Å². The second kappa shape index (κ2) is 10.7. The molecule has 0 radical (unpaired) electrons. The van der Waals surface area contributed by atoms with Gasteiger partial charge in [0.25, 0.3) is 0 Å². The molecule has 0 aliphatic carbocycles. The molecule has 2 aromatic carbocycles. The molecule has 0 unspecified atom stereocenters. The molecular formula is C21H27N5O2. The van der Waals surface area contributed by atoms with Crippen LogP contribution in [0.5, 0.6) is 0 Å². The number of carbonyl (C=O) groups excluding carboxylic acids is 2. The van der Waals surface area contributed by atoms with E-state index in [1.807, 2.05) is 60.7 Å². The first kappa shape index (κ1) is 21.0. The Balaban J connectivity index is 2.05. The van der Waals surface area contributed by atoms with Crippen molar-refractivity contribution in [2.45, 2.75) is 31.2 Å². The summed E-state index contributed by atoms with van der Waals surface area (Å²) in [4.78, 5) is 28.3. The van der Waals surface area contributed by atoms with Gasteiger partial charge in [-0.25, -0.2) is 0 Å². The molecule has 7 nitrogen and oxygen atoms in total.